The summed E-state index contributed by atoms with van der Waals surface area (Å²) >= 11 is 0. The lowest BCUT2D eigenvalue weighted by atomic mass is 9.78. The van der Waals surface area contributed by atoms with Crippen LogP contribution in [0.25, 0.3) is 11.6 Å². The zero-order valence-electron chi connectivity index (χ0n) is 23.6. The van der Waals surface area contributed by atoms with Crippen molar-refractivity contribution in [1.29, 1.82) is 0 Å². The third-order valence-corrected chi connectivity index (χ3v) is 6.70. The first-order chi connectivity index (χ1) is 18.9. The second kappa shape index (κ2) is 10.7. The van der Waals surface area contributed by atoms with Gasteiger partial charge in [-0.25, -0.2) is 4.79 Å². The Morgan fingerprint density at radius 2 is 1.55 bits per heavy atom. The van der Waals surface area contributed by atoms with Gasteiger partial charge in [-0.05, 0) is 56.2 Å². The van der Waals surface area contributed by atoms with Crippen LogP contribution in [0, 0.1) is 6.92 Å². The number of hydrogen-bond donors (Lipinski definition) is 1. The Morgan fingerprint density at radius 3 is 2.12 bits per heavy atom. The van der Waals surface area contributed by atoms with E-state index in [1.54, 1.807) is 6.92 Å². The summed E-state index contributed by atoms with van der Waals surface area (Å²) in [7, 11) is 0. The van der Waals surface area contributed by atoms with Gasteiger partial charge in [0.25, 0.3) is 5.89 Å². The highest BCUT2D eigenvalue weighted by Crippen LogP contribution is 2.35. The van der Waals surface area contributed by atoms with Gasteiger partial charge in [-0.2, -0.15) is 4.98 Å². The minimum Gasteiger partial charge on any atom is -0.490 e. The minimum atomic E-state index is -0.506. The quantitative estimate of drug-likeness (QED) is 0.261. The van der Waals surface area contributed by atoms with Gasteiger partial charge in [0, 0.05) is 31.2 Å². The molecule has 1 aliphatic rings. The summed E-state index contributed by atoms with van der Waals surface area (Å²) in [4.78, 5) is 16.2. The summed E-state index contributed by atoms with van der Waals surface area (Å²) in [6, 6.07) is 16.0. The summed E-state index contributed by atoms with van der Waals surface area (Å²) in [5, 5.41) is 10.6. The predicted molar refractivity (Wildman–Crippen MR) is 146 cm³/mol. The highest BCUT2D eigenvalue weighted by Gasteiger charge is 2.33. The maximum absolute atomic E-state index is 11.9. The van der Waals surface area contributed by atoms with Crippen LogP contribution in [0.4, 0.5) is 4.79 Å². The smallest absolute Gasteiger partial charge is 0.407 e. The number of carbonyl (C=O) groups is 1. The van der Waals surface area contributed by atoms with E-state index in [1.165, 1.54) is 6.26 Å². The van der Waals surface area contributed by atoms with Gasteiger partial charge < -0.3 is 28.4 Å². The molecule has 0 atom stereocenters. The lowest BCUT2D eigenvalue weighted by Gasteiger charge is -2.36. The number of nitrogens with zero attached hydrogens (tertiary/aromatic N) is 3. The van der Waals surface area contributed by atoms with Gasteiger partial charge in [0.2, 0.25) is 5.89 Å². The summed E-state index contributed by atoms with van der Waals surface area (Å²) < 4.78 is 27.9. The first-order valence-electron chi connectivity index (χ1n) is 13.3. The van der Waals surface area contributed by atoms with E-state index in [4.69, 9.17) is 23.0 Å². The fourth-order valence-corrected chi connectivity index (χ4v) is 4.41. The van der Waals surface area contributed by atoms with Crippen molar-refractivity contribution in [3.05, 3.63) is 71.8 Å². The molecule has 0 bridgehead atoms. The number of amides is 1. The number of aromatic nitrogens is 3. The number of carbonyl (C=O) groups excluding carboxylic acids is 1. The first-order valence-corrected chi connectivity index (χ1v) is 13.3. The van der Waals surface area contributed by atoms with Crippen molar-refractivity contribution >= 4 is 6.09 Å². The van der Waals surface area contributed by atoms with Gasteiger partial charge in [-0.3, -0.25) is 0 Å². The Kier molecular flexibility index (Phi) is 7.27. The molecule has 1 saturated carbocycles. The molecule has 0 aliphatic heterocycles. The summed E-state index contributed by atoms with van der Waals surface area (Å²) in [5.41, 5.74) is 1.93. The van der Waals surface area contributed by atoms with E-state index in [0.717, 1.165) is 29.7 Å². The molecule has 0 radical (unpaired) electrons. The van der Waals surface area contributed by atoms with Crippen molar-refractivity contribution < 1.29 is 27.8 Å². The summed E-state index contributed by atoms with van der Waals surface area (Å²) in [5.74, 6) is 2.13. The average molecular weight is 547 g/mol. The molecule has 40 heavy (non-hydrogen) atoms. The van der Waals surface area contributed by atoms with E-state index in [1.807, 2.05) is 57.2 Å². The van der Waals surface area contributed by atoms with Crippen LogP contribution in [-0.4, -0.2) is 39.0 Å². The van der Waals surface area contributed by atoms with E-state index in [9.17, 15) is 4.79 Å². The fourth-order valence-electron chi connectivity index (χ4n) is 4.41. The van der Waals surface area contributed by atoms with Gasteiger partial charge in [-0.15, -0.1) is 10.2 Å². The summed E-state index contributed by atoms with van der Waals surface area (Å²) in [6.45, 7) is 11.6. The van der Waals surface area contributed by atoms with E-state index >= 15 is 0 Å². The molecule has 1 N–H and O–H groups in total. The zero-order valence-corrected chi connectivity index (χ0v) is 23.6. The first kappa shape index (κ1) is 27.2. The number of ether oxygens (including phenoxy) is 3. The second-order valence-corrected chi connectivity index (χ2v) is 11.5. The minimum absolute atomic E-state index is 0.0715. The van der Waals surface area contributed by atoms with Gasteiger partial charge in [0.1, 0.15) is 29.5 Å². The SMILES string of the molecule is Cc1nnc(-c2coc(Oc3ccc(C(C)(C)c4ccc(OC5CC(NC(=O)OC(C)(C)C)C5)cc4)cc3)n2)o1. The maximum Gasteiger partial charge on any atom is 0.407 e. The molecule has 1 fully saturated rings. The van der Waals surface area contributed by atoms with Crippen molar-refractivity contribution in [2.45, 2.75) is 77.5 Å². The molecule has 4 aromatic rings. The van der Waals surface area contributed by atoms with Crippen molar-refractivity contribution in [2.24, 2.45) is 0 Å². The Balaban J connectivity index is 1.14. The van der Waals surface area contributed by atoms with E-state index in [-0.39, 0.29) is 35.6 Å². The number of nitrogens with one attached hydrogen (secondary N) is 1. The van der Waals surface area contributed by atoms with Crippen LogP contribution in [0.1, 0.15) is 64.5 Å². The molecule has 2 heterocycles. The largest absolute Gasteiger partial charge is 0.490 e. The van der Waals surface area contributed by atoms with Gasteiger partial charge in [0.05, 0.1) is 0 Å². The molecule has 2 aromatic heterocycles. The maximum atomic E-state index is 11.9. The lowest BCUT2D eigenvalue weighted by Crippen LogP contribution is -2.50. The normalized spacial score (nSPS) is 17.1. The van der Waals surface area contributed by atoms with Crippen LogP contribution in [0.2, 0.25) is 0 Å². The topological polar surface area (TPSA) is 122 Å². The molecule has 0 spiro atoms. The van der Waals surface area contributed by atoms with Crippen LogP contribution in [0.3, 0.4) is 0 Å². The molecule has 0 saturated heterocycles. The monoisotopic (exact) mass is 546 g/mol. The molecule has 0 unspecified atom stereocenters. The molecule has 1 aliphatic carbocycles. The number of rotatable bonds is 8. The zero-order chi connectivity index (χ0) is 28.5. The molecule has 210 valence electrons. The van der Waals surface area contributed by atoms with Crippen LogP contribution in [-0.2, 0) is 10.2 Å². The number of oxazole rings is 1. The predicted octanol–water partition coefficient (Wildman–Crippen LogP) is 6.59. The van der Waals surface area contributed by atoms with Gasteiger partial charge >= 0.3 is 12.2 Å². The fraction of sp³-hybridized carbons (Fsp3) is 0.400. The van der Waals surface area contributed by atoms with E-state index in [2.05, 4.69) is 46.5 Å². The van der Waals surface area contributed by atoms with Crippen LogP contribution < -0.4 is 14.8 Å². The number of alkyl carbamates (subject to hydrolysis) is 1. The Morgan fingerprint density at radius 1 is 0.925 bits per heavy atom. The van der Waals surface area contributed by atoms with Crippen LogP contribution >= 0.6 is 0 Å². The molecular formula is C30H34N4O6. The van der Waals surface area contributed by atoms with Gasteiger partial charge in [0.15, 0.2) is 5.69 Å². The summed E-state index contributed by atoms with van der Waals surface area (Å²) in [6.07, 6.45) is 2.70. The highest BCUT2D eigenvalue weighted by atomic mass is 16.6. The molecule has 1 amide bonds. The standard InChI is InChI=1S/C30H34N4O6/c1-18-33-34-26(37-18)25-17-36-28(32-25)39-23-13-9-20(10-14-23)30(5,6)19-7-11-22(12-8-19)38-24-15-21(16-24)31-27(35)40-29(2,3)4/h7-14,17,21,24H,15-16H2,1-6H3,(H,31,35). The lowest BCUT2D eigenvalue weighted by molar-refractivity contribution is 0.0363. The molecule has 10 nitrogen and oxygen atoms in total. The van der Waals surface area contributed by atoms with Gasteiger partial charge in [-0.1, -0.05) is 38.1 Å². The number of hydrogen-bond acceptors (Lipinski definition) is 9. The molecule has 2 aromatic carbocycles. The molecule has 10 heteroatoms. The highest BCUT2D eigenvalue weighted by molar-refractivity contribution is 5.68. The van der Waals surface area contributed by atoms with Crippen LogP contribution in [0.15, 0.2) is 63.6 Å². The van der Waals surface area contributed by atoms with E-state index in [0.29, 0.717) is 17.3 Å². The molecular weight excluding hydrogens is 512 g/mol. The Bertz CT molecular complexity index is 1440. The Hall–Kier alpha value is -4.34. The van der Waals surface area contributed by atoms with Crippen molar-refractivity contribution in [2.75, 3.05) is 0 Å². The van der Waals surface area contributed by atoms with E-state index < -0.39 is 5.60 Å². The third kappa shape index (κ3) is 6.44. The number of aryl methyl sites for hydroxylation is 1. The second-order valence-electron chi connectivity index (χ2n) is 11.5. The van der Waals surface area contributed by atoms with Crippen molar-refractivity contribution in [1.82, 2.24) is 20.5 Å². The number of benzene rings is 2. The Labute approximate surface area is 233 Å². The van der Waals surface area contributed by atoms with Crippen molar-refractivity contribution in [3.8, 4) is 29.2 Å². The van der Waals surface area contributed by atoms with Crippen LogP contribution in [0.5, 0.6) is 17.6 Å². The average Bonchev–Trinajstić information content (AvgIpc) is 3.51. The molecule has 5 rings (SSSR count). The van der Waals surface area contributed by atoms with Crippen molar-refractivity contribution in [3.63, 3.8) is 0 Å². The third-order valence-electron chi connectivity index (χ3n) is 6.70.